The van der Waals surface area contributed by atoms with Crippen molar-refractivity contribution in [3.05, 3.63) is 160 Å². The lowest BCUT2D eigenvalue weighted by atomic mass is 9.77. The maximum Gasteiger partial charge on any atom is 0.355 e. The Morgan fingerprint density at radius 1 is 0.865 bits per heavy atom. The van der Waals surface area contributed by atoms with Gasteiger partial charge < -0.3 is 20.1 Å². The van der Waals surface area contributed by atoms with Gasteiger partial charge in [-0.3, -0.25) is 19.3 Å². The lowest BCUT2D eigenvalue weighted by molar-refractivity contribution is -0.153. The molecule has 7 rings (SSSR count). The van der Waals surface area contributed by atoms with Crippen LogP contribution in [0.4, 0.5) is 5.13 Å². The van der Waals surface area contributed by atoms with Crippen LogP contribution in [-0.2, 0) is 31.3 Å². The molecule has 0 bridgehead atoms. The zero-order valence-electron chi connectivity index (χ0n) is 28.3. The van der Waals surface area contributed by atoms with Gasteiger partial charge in [-0.05, 0) is 46.9 Å². The standard InChI is InChI=1S/C40H34N4O6S2/c1-25-23-51-37-32(36(47)44(37)33(25)38(48)50-22-26-18-20-30(49-2)21-19-26)42-35(46)34(45)31-24-52-39(41-31)43-40(27-12-6-3-7-13-27,28-14-8-4-9-15-28)29-16-10-5-11-17-29/h3-21,24,32,37H,22-23H2,1-2H3,(H,41,43)(H,42,46)/t32?,37-/m0/s1. The first-order valence-corrected chi connectivity index (χ1v) is 18.4. The van der Waals surface area contributed by atoms with Crippen molar-refractivity contribution in [2.45, 2.75) is 30.5 Å². The summed E-state index contributed by atoms with van der Waals surface area (Å²) < 4.78 is 10.7. The predicted molar refractivity (Wildman–Crippen MR) is 200 cm³/mol. The number of carbonyl (C=O) groups excluding carboxylic acids is 4. The minimum absolute atomic E-state index is 0.0156. The highest BCUT2D eigenvalue weighted by atomic mass is 32.2. The van der Waals surface area contributed by atoms with Crippen molar-refractivity contribution in [2.24, 2.45) is 0 Å². The van der Waals surface area contributed by atoms with Crippen molar-refractivity contribution >= 4 is 51.8 Å². The van der Waals surface area contributed by atoms with E-state index >= 15 is 0 Å². The molecule has 0 radical (unpaired) electrons. The van der Waals surface area contributed by atoms with Crippen molar-refractivity contribution in [1.82, 2.24) is 15.2 Å². The minimum Gasteiger partial charge on any atom is -0.497 e. The van der Waals surface area contributed by atoms with E-state index in [9.17, 15) is 19.2 Å². The molecule has 1 fully saturated rings. The Labute approximate surface area is 308 Å². The third-order valence-corrected chi connectivity index (χ3v) is 11.2. The summed E-state index contributed by atoms with van der Waals surface area (Å²) in [6, 6.07) is 36.0. The van der Waals surface area contributed by atoms with Crippen LogP contribution in [0.2, 0.25) is 0 Å². The summed E-state index contributed by atoms with van der Waals surface area (Å²) in [5, 5.41) is 7.61. The Hall–Kier alpha value is -5.72. The molecule has 2 N–H and O–H groups in total. The number of carbonyl (C=O) groups is 4. The summed E-state index contributed by atoms with van der Waals surface area (Å²) in [6.45, 7) is 1.79. The number of hydrogen-bond acceptors (Lipinski definition) is 10. The number of esters is 1. The van der Waals surface area contributed by atoms with Gasteiger partial charge in [-0.15, -0.1) is 23.1 Å². The predicted octanol–water partition coefficient (Wildman–Crippen LogP) is 6.16. The molecule has 5 aromatic rings. The maximum absolute atomic E-state index is 13.4. The van der Waals surface area contributed by atoms with Gasteiger partial charge in [0.25, 0.3) is 17.6 Å². The van der Waals surface area contributed by atoms with Crippen molar-refractivity contribution < 1.29 is 28.7 Å². The van der Waals surface area contributed by atoms with Gasteiger partial charge in [-0.25, -0.2) is 9.78 Å². The summed E-state index contributed by atoms with van der Waals surface area (Å²) in [7, 11) is 1.57. The Morgan fingerprint density at radius 3 is 2.00 bits per heavy atom. The fraction of sp³-hybridized carbons (Fsp3) is 0.175. The van der Waals surface area contributed by atoms with E-state index in [1.807, 2.05) is 91.0 Å². The second-order valence-corrected chi connectivity index (χ2v) is 14.2. The van der Waals surface area contributed by atoms with Gasteiger partial charge in [0.2, 0.25) is 0 Å². The smallest absolute Gasteiger partial charge is 0.355 e. The highest BCUT2D eigenvalue weighted by Crippen LogP contribution is 2.42. The summed E-state index contributed by atoms with van der Waals surface area (Å²) in [4.78, 5) is 59.2. The van der Waals surface area contributed by atoms with Crippen LogP contribution in [0.3, 0.4) is 0 Å². The molecule has 10 nitrogen and oxygen atoms in total. The van der Waals surface area contributed by atoms with Crippen LogP contribution >= 0.6 is 23.1 Å². The Bertz CT molecular complexity index is 2040. The summed E-state index contributed by atoms with van der Waals surface area (Å²) >= 11 is 2.61. The number of fused-ring (bicyclic) bond motifs is 1. The average Bonchev–Trinajstić information content (AvgIpc) is 3.67. The number of hydrogen-bond donors (Lipinski definition) is 2. The molecule has 1 saturated heterocycles. The molecule has 0 saturated carbocycles. The van der Waals surface area contributed by atoms with E-state index < -0.39 is 40.5 Å². The number of nitrogens with one attached hydrogen (secondary N) is 2. The first kappa shape index (κ1) is 34.7. The van der Waals surface area contributed by atoms with E-state index in [1.165, 1.54) is 33.4 Å². The number of benzene rings is 4. The van der Waals surface area contributed by atoms with Crippen LogP contribution in [0.25, 0.3) is 0 Å². The molecule has 1 unspecified atom stereocenters. The SMILES string of the molecule is COc1ccc(COC(=O)C2=C(C)CS[C@H]3C(NC(=O)C(=O)c4csc(NC(c5ccccc5)(c5ccccc5)c5ccccc5)n4)C(=O)N23)cc1. The van der Waals surface area contributed by atoms with Crippen molar-refractivity contribution in [3.63, 3.8) is 0 Å². The molecule has 0 aliphatic carbocycles. The van der Waals surface area contributed by atoms with Gasteiger partial charge in [0, 0.05) is 11.1 Å². The second-order valence-electron chi connectivity index (χ2n) is 12.3. The number of Topliss-reactive ketones (excluding diaryl/α,β-unsaturated/α-hetero) is 1. The van der Waals surface area contributed by atoms with Crippen LogP contribution in [0.1, 0.15) is 39.7 Å². The Kier molecular flexibility index (Phi) is 9.92. The minimum atomic E-state index is -0.989. The molecule has 52 heavy (non-hydrogen) atoms. The molecule has 2 atom stereocenters. The monoisotopic (exact) mass is 730 g/mol. The lowest BCUT2D eigenvalue weighted by Crippen LogP contribution is -2.71. The van der Waals surface area contributed by atoms with Crippen molar-refractivity contribution in [1.29, 1.82) is 0 Å². The van der Waals surface area contributed by atoms with E-state index in [2.05, 4.69) is 15.6 Å². The van der Waals surface area contributed by atoms with Gasteiger partial charge in [-0.1, -0.05) is 103 Å². The highest BCUT2D eigenvalue weighted by molar-refractivity contribution is 8.00. The zero-order chi connectivity index (χ0) is 36.2. The second kappa shape index (κ2) is 14.9. The summed E-state index contributed by atoms with van der Waals surface area (Å²) in [6.07, 6.45) is 0. The van der Waals surface area contributed by atoms with Gasteiger partial charge in [0.05, 0.1) is 7.11 Å². The molecule has 1 aromatic heterocycles. The van der Waals surface area contributed by atoms with Crippen LogP contribution in [0.5, 0.6) is 5.75 Å². The summed E-state index contributed by atoms with van der Waals surface area (Å²) in [5.74, 6) is -1.81. The number of rotatable bonds is 12. The van der Waals surface area contributed by atoms with Crippen LogP contribution in [0.15, 0.2) is 132 Å². The van der Waals surface area contributed by atoms with Gasteiger partial charge in [-0.2, -0.15) is 0 Å². The third kappa shape index (κ3) is 6.58. The fourth-order valence-corrected chi connectivity index (χ4v) is 8.44. The molecule has 262 valence electrons. The number of aromatic nitrogens is 1. The van der Waals surface area contributed by atoms with E-state index in [0.717, 1.165) is 22.3 Å². The summed E-state index contributed by atoms with van der Waals surface area (Å²) in [5.41, 5.74) is 3.57. The lowest BCUT2D eigenvalue weighted by Gasteiger charge is -2.49. The van der Waals surface area contributed by atoms with E-state index in [-0.39, 0.29) is 18.0 Å². The van der Waals surface area contributed by atoms with E-state index in [4.69, 9.17) is 9.47 Å². The van der Waals surface area contributed by atoms with Crippen LogP contribution in [-0.4, -0.2) is 57.7 Å². The number of β-lactam (4-membered cyclic amide) rings is 1. The van der Waals surface area contributed by atoms with Crippen molar-refractivity contribution in [3.8, 4) is 5.75 Å². The van der Waals surface area contributed by atoms with Gasteiger partial charge >= 0.3 is 5.97 Å². The van der Waals surface area contributed by atoms with E-state index in [1.54, 1.807) is 38.3 Å². The van der Waals surface area contributed by atoms with Gasteiger partial charge in [0.1, 0.15) is 40.7 Å². The van der Waals surface area contributed by atoms with Crippen molar-refractivity contribution in [2.75, 3.05) is 18.2 Å². The number of ketones is 1. The first-order chi connectivity index (χ1) is 25.3. The molecule has 4 aromatic carbocycles. The number of anilines is 1. The number of ether oxygens (including phenoxy) is 2. The molecule has 12 heteroatoms. The van der Waals surface area contributed by atoms with Crippen LogP contribution < -0.4 is 15.4 Å². The topological polar surface area (TPSA) is 127 Å². The number of thiazole rings is 1. The molecular formula is C40H34N4O6S2. The van der Waals surface area contributed by atoms with E-state index in [0.29, 0.717) is 22.2 Å². The third-order valence-electron chi connectivity index (χ3n) is 9.03. The number of nitrogens with zero attached hydrogens (tertiary/aromatic N) is 2. The first-order valence-electron chi connectivity index (χ1n) is 16.5. The molecule has 2 aliphatic rings. The average molecular weight is 731 g/mol. The molecule has 2 aliphatic heterocycles. The molecular weight excluding hydrogens is 697 g/mol. The largest absolute Gasteiger partial charge is 0.497 e. The fourth-order valence-electron chi connectivity index (χ4n) is 6.40. The number of thioether (sulfide) groups is 1. The molecule has 2 amide bonds. The Morgan fingerprint density at radius 2 is 1.44 bits per heavy atom. The highest BCUT2D eigenvalue weighted by Gasteiger charge is 2.54. The molecule has 3 heterocycles. The Balaban J connectivity index is 1.06. The van der Waals surface area contributed by atoms with Crippen LogP contribution in [0, 0.1) is 0 Å². The molecule has 0 spiro atoms. The quantitative estimate of drug-likeness (QED) is 0.0511. The maximum atomic E-state index is 13.4. The van der Waals surface area contributed by atoms with Gasteiger partial charge in [0.15, 0.2) is 5.13 Å². The number of amides is 2. The zero-order valence-corrected chi connectivity index (χ0v) is 29.9. The normalized spacial score (nSPS) is 16.7. The number of methoxy groups -OCH3 is 1.